The van der Waals surface area contributed by atoms with Gasteiger partial charge in [-0.1, -0.05) is 0 Å². The zero-order chi connectivity index (χ0) is 16.3. The van der Waals surface area contributed by atoms with Crippen molar-refractivity contribution in [1.29, 1.82) is 0 Å². The number of hydrogen-bond donors (Lipinski definition) is 0. The summed E-state index contributed by atoms with van der Waals surface area (Å²) in [7, 11) is 0. The van der Waals surface area contributed by atoms with E-state index >= 15 is 0 Å². The van der Waals surface area contributed by atoms with Crippen molar-refractivity contribution in [2.45, 2.75) is 17.9 Å². The van der Waals surface area contributed by atoms with Crippen LogP contribution in [0.25, 0.3) is 10.9 Å². The van der Waals surface area contributed by atoms with Crippen molar-refractivity contribution in [3.63, 3.8) is 0 Å². The normalized spacial score (nSPS) is 21.4. The number of hydrogen-bond acceptors (Lipinski definition) is 5. The Morgan fingerprint density at radius 3 is 2.96 bits per heavy atom. The smallest absolute Gasteiger partial charge is 0.349 e. The van der Waals surface area contributed by atoms with Crippen molar-refractivity contribution >= 4 is 74.2 Å². The van der Waals surface area contributed by atoms with Crippen LogP contribution in [0.5, 0.6) is 0 Å². The number of piperazine rings is 1. The van der Waals surface area contributed by atoms with Gasteiger partial charge in [0.05, 0.1) is 44.7 Å². The lowest BCUT2D eigenvalue weighted by Gasteiger charge is -2.38. The molecule has 1 unspecified atom stereocenters. The minimum Gasteiger partial charge on any atom is -0.349 e. The van der Waals surface area contributed by atoms with Gasteiger partial charge in [-0.3, -0.25) is 0 Å². The first kappa shape index (κ1) is 16.3. The van der Waals surface area contributed by atoms with Gasteiger partial charge >= 0.3 is 5.69 Å². The minimum absolute atomic E-state index is 0.188. The van der Waals surface area contributed by atoms with Crippen molar-refractivity contribution in [3.8, 4) is 0 Å². The van der Waals surface area contributed by atoms with Gasteiger partial charge in [0.25, 0.3) is 0 Å². The lowest BCUT2D eigenvalue weighted by atomic mass is 10.1. The van der Waals surface area contributed by atoms with Crippen molar-refractivity contribution in [2.24, 2.45) is 0 Å². The fourth-order valence-electron chi connectivity index (χ4n) is 3.17. The van der Waals surface area contributed by atoms with Crippen LogP contribution in [-0.2, 0) is 0 Å². The Bertz CT molecular complexity index is 874. The van der Waals surface area contributed by atoms with E-state index in [2.05, 4.69) is 35.9 Å². The standard InChI is InChI=1S/C14H13FI2N4OS/c1-7-4-9-10-12(11(7)15)23-6-8-5-19(16)2-3-20(8)13(10)18-14(22)21(9)17/h4,8H,2-3,5-6H2,1H3. The second kappa shape index (κ2) is 5.99. The Hall–Kier alpha value is -0.140. The molecule has 2 aromatic rings. The molecule has 5 nitrogen and oxygen atoms in total. The SMILES string of the molecule is Cc1cc2c3c(nc(=O)n2I)N2CCN(I)CC2CSc3c1F. The summed E-state index contributed by atoms with van der Waals surface area (Å²) in [5, 5.41) is 0.775. The maximum atomic E-state index is 14.7. The fraction of sp³-hybridized carbons (Fsp3) is 0.429. The summed E-state index contributed by atoms with van der Waals surface area (Å²) in [5.41, 5.74) is 1.02. The van der Waals surface area contributed by atoms with Crippen LogP contribution in [0.3, 0.4) is 0 Å². The van der Waals surface area contributed by atoms with Crippen LogP contribution in [0, 0.1) is 12.7 Å². The number of nitrogens with zero attached hydrogens (tertiary/aromatic N) is 4. The predicted molar refractivity (Wildman–Crippen MR) is 108 cm³/mol. The van der Waals surface area contributed by atoms with Gasteiger partial charge in [-0.2, -0.15) is 4.98 Å². The summed E-state index contributed by atoms with van der Waals surface area (Å²) in [6.45, 7) is 4.34. The molecule has 0 N–H and O–H groups in total. The molecule has 2 aliphatic rings. The van der Waals surface area contributed by atoms with Crippen LogP contribution in [0.2, 0.25) is 0 Å². The quantitative estimate of drug-likeness (QED) is 0.368. The third-order valence-electron chi connectivity index (χ3n) is 4.31. The number of halogens is 3. The third-order valence-corrected chi connectivity index (χ3v) is 7.34. The van der Waals surface area contributed by atoms with Crippen molar-refractivity contribution in [3.05, 3.63) is 27.9 Å². The summed E-state index contributed by atoms with van der Waals surface area (Å²) >= 11 is 5.81. The van der Waals surface area contributed by atoms with E-state index in [0.29, 0.717) is 16.3 Å². The van der Waals surface area contributed by atoms with Crippen LogP contribution in [-0.4, -0.2) is 42.3 Å². The number of rotatable bonds is 0. The molecule has 0 bridgehead atoms. The number of aryl methyl sites for hydroxylation is 1. The van der Waals surface area contributed by atoms with Gasteiger partial charge in [-0.15, -0.1) is 11.8 Å². The molecule has 0 saturated carbocycles. The predicted octanol–water partition coefficient (Wildman–Crippen LogP) is 2.99. The van der Waals surface area contributed by atoms with Crippen molar-refractivity contribution in [1.82, 2.24) is 10.9 Å². The van der Waals surface area contributed by atoms with Crippen LogP contribution in [0.4, 0.5) is 10.2 Å². The molecule has 0 radical (unpaired) electrons. The van der Waals surface area contributed by atoms with Gasteiger partial charge in [0.1, 0.15) is 11.6 Å². The largest absolute Gasteiger partial charge is 0.359 e. The molecule has 0 spiro atoms. The molecule has 0 amide bonds. The highest BCUT2D eigenvalue weighted by molar-refractivity contribution is 14.1. The Morgan fingerprint density at radius 1 is 1.39 bits per heavy atom. The summed E-state index contributed by atoms with van der Waals surface area (Å²) in [6, 6.07) is 1.99. The van der Waals surface area contributed by atoms with Gasteiger partial charge in [0.15, 0.2) is 0 Å². The van der Waals surface area contributed by atoms with E-state index in [1.165, 1.54) is 14.5 Å². The number of fused-ring (bicyclic) bond motifs is 2. The Morgan fingerprint density at radius 2 is 2.17 bits per heavy atom. The minimum atomic E-state index is -0.299. The van der Waals surface area contributed by atoms with Crippen molar-refractivity contribution in [2.75, 3.05) is 30.3 Å². The average molecular weight is 558 g/mol. The van der Waals surface area contributed by atoms with E-state index in [0.717, 1.165) is 36.3 Å². The first-order chi connectivity index (χ1) is 11.0. The van der Waals surface area contributed by atoms with Crippen LogP contribution < -0.4 is 10.6 Å². The Kier molecular flexibility index (Phi) is 4.25. The highest BCUT2D eigenvalue weighted by Gasteiger charge is 2.33. The maximum absolute atomic E-state index is 14.7. The molecule has 3 heterocycles. The van der Waals surface area contributed by atoms with E-state index in [4.69, 9.17) is 0 Å². The third kappa shape index (κ3) is 2.58. The van der Waals surface area contributed by atoms with Crippen molar-refractivity contribution < 1.29 is 4.39 Å². The van der Waals surface area contributed by atoms with E-state index < -0.39 is 0 Å². The molecule has 23 heavy (non-hydrogen) atoms. The zero-order valence-electron chi connectivity index (χ0n) is 12.2. The average Bonchev–Trinajstić information content (AvgIpc) is 2.67. The van der Waals surface area contributed by atoms with Crippen LogP contribution in [0.1, 0.15) is 5.56 Å². The summed E-state index contributed by atoms with van der Waals surface area (Å²) in [5.74, 6) is 1.25. The van der Waals surface area contributed by atoms with Gasteiger partial charge < -0.3 is 4.90 Å². The number of anilines is 1. The molecule has 0 aliphatic carbocycles. The second-order valence-corrected chi connectivity index (χ2v) is 9.12. The number of benzene rings is 1. The second-order valence-electron chi connectivity index (χ2n) is 5.76. The van der Waals surface area contributed by atoms with E-state index in [1.54, 1.807) is 13.0 Å². The molecular formula is C14H13FI2N4OS. The molecule has 9 heteroatoms. The lowest BCUT2D eigenvalue weighted by Crippen LogP contribution is -2.51. The molecule has 4 rings (SSSR count). The maximum Gasteiger partial charge on any atom is 0.359 e. The van der Waals surface area contributed by atoms with Gasteiger partial charge in [-0.25, -0.2) is 15.1 Å². The summed E-state index contributed by atoms with van der Waals surface area (Å²) < 4.78 is 18.5. The number of thioether (sulfide) groups is 1. The molecule has 1 aromatic carbocycles. The van der Waals surface area contributed by atoms with E-state index in [1.807, 2.05) is 22.9 Å². The Labute approximate surface area is 164 Å². The monoisotopic (exact) mass is 558 g/mol. The highest BCUT2D eigenvalue weighted by atomic mass is 127. The Balaban J connectivity index is 2.06. The molecule has 1 fully saturated rings. The zero-order valence-corrected chi connectivity index (χ0v) is 17.4. The molecule has 2 aliphatic heterocycles. The highest BCUT2D eigenvalue weighted by Crippen LogP contribution is 2.42. The first-order valence-corrected chi connectivity index (χ1v) is 10.1. The van der Waals surface area contributed by atoms with E-state index in [-0.39, 0.29) is 17.5 Å². The topological polar surface area (TPSA) is 41.4 Å². The van der Waals surface area contributed by atoms with Gasteiger partial charge in [-0.05, 0) is 18.6 Å². The lowest BCUT2D eigenvalue weighted by molar-refractivity contribution is 0.401. The first-order valence-electron chi connectivity index (χ1n) is 7.19. The fourth-order valence-corrected chi connectivity index (χ4v) is 5.60. The molecule has 1 aromatic heterocycles. The molecule has 122 valence electrons. The number of aromatic nitrogens is 2. The molecule has 1 atom stereocenters. The molecular weight excluding hydrogens is 545 g/mol. The van der Waals surface area contributed by atoms with Gasteiger partial charge in [0.2, 0.25) is 0 Å². The van der Waals surface area contributed by atoms with Crippen LogP contribution >= 0.6 is 57.5 Å². The van der Waals surface area contributed by atoms with Crippen LogP contribution in [0.15, 0.2) is 15.8 Å². The molecule has 1 saturated heterocycles. The van der Waals surface area contributed by atoms with E-state index in [9.17, 15) is 9.18 Å². The summed E-state index contributed by atoms with van der Waals surface area (Å²) in [6.07, 6.45) is 0. The van der Waals surface area contributed by atoms with Gasteiger partial charge in [0, 0.05) is 48.3 Å². The summed E-state index contributed by atoms with van der Waals surface area (Å²) in [4.78, 5) is 19.4.